The average Bonchev–Trinajstić information content (AvgIpc) is 2.66. The molecule has 6 heteroatoms. The lowest BCUT2D eigenvalue weighted by Gasteiger charge is -2.25. The van der Waals surface area contributed by atoms with Crippen molar-refractivity contribution in [3.05, 3.63) is 28.7 Å². The number of ether oxygens (including phenoxy) is 1. The van der Waals surface area contributed by atoms with E-state index in [4.69, 9.17) is 10.5 Å². The number of anilines is 1. The monoisotopic (exact) mass is 251 g/mol. The van der Waals surface area contributed by atoms with Crippen LogP contribution >= 0.6 is 0 Å². The molecule has 0 aromatic carbocycles. The lowest BCUT2D eigenvalue weighted by Crippen LogP contribution is -2.47. The smallest absolute Gasteiger partial charge is 0.250 e. The first kappa shape index (κ1) is 12.8. The first-order valence-electron chi connectivity index (χ1n) is 5.75. The summed E-state index contributed by atoms with van der Waals surface area (Å²) in [6, 6.07) is 2.67. The van der Waals surface area contributed by atoms with Crippen LogP contribution in [0.25, 0.3) is 0 Å². The minimum Gasteiger partial charge on any atom is -0.379 e. The molecule has 1 aromatic rings. The van der Waals surface area contributed by atoms with Crippen molar-refractivity contribution >= 4 is 11.6 Å². The van der Waals surface area contributed by atoms with E-state index in [-0.39, 0.29) is 17.5 Å². The van der Waals surface area contributed by atoms with E-state index >= 15 is 0 Å². The Labute approximate surface area is 105 Å². The summed E-state index contributed by atoms with van der Waals surface area (Å²) in [5, 5.41) is 2.76. The Morgan fingerprint density at radius 1 is 1.61 bits per heavy atom. The van der Waals surface area contributed by atoms with Crippen molar-refractivity contribution in [3.63, 3.8) is 0 Å². The third-order valence-electron chi connectivity index (χ3n) is 3.38. The number of carbonyl (C=O) groups excluding carboxylic acids is 1. The van der Waals surface area contributed by atoms with E-state index in [0.29, 0.717) is 18.9 Å². The summed E-state index contributed by atoms with van der Waals surface area (Å²) in [5.41, 5.74) is 5.60. The number of carbonyl (C=O) groups is 1. The lowest BCUT2D eigenvalue weighted by atomic mass is 9.85. The number of hydrogen-bond donors (Lipinski definition) is 2. The molecule has 18 heavy (non-hydrogen) atoms. The van der Waals surface area contributed by atoms with Gasteiger partial charge in [0, 0.05) is 25.4 Å². The van der Waals surface area contributed by atoms with Crippen molar-refractivity contribution in [1.29, 1.82) is 0 Å². The van der Waals surface area contributed by atoms with Crippen molar-refractivity contribution < 1.29 is 9.53 Å². The van der Waals surface area contributed by atoms with Crippen LogP contribution in [0.15, 0.2) is 23.1 Å². The number of nitrogens with one attached hydrogen (secondary N) is 1. The number of pyridine rings is 1. The highest BCUT2D eigenvalue weighted by Crippen LogP contribution is 2.28. The van der Waals surface area contributed by atoms with Gasteiger partial charge >= 0.3 is 0 Å². The highest BCUT2D eigenvalue weighted by Gasteiger charge is 2.44. The Balaban J connectivity index is 2.16. The van der Waals surface area contributed by atoms with Crippen molar-refractivity contribution in [2.45, 2.75) is 13.0 Å². The van der Waals surface area contributed by atoms with Gasteiger partial charge in [0.1, 0.15) is 0 Å². The van der Waals surface area contributed by atoms with Gasteiger partial charge in [-0.2, -0.15) is 0 Å². The molecule has 3 N–H and O–H groups in total. The minimum atomic E-state index is -0.727. The van der Waals surface area contributed by atoms with Gasteiger partial charge in [0.2, 0.25) is 11.5 Å². The fourth-order valence-electron chi connectivity index (χ4n) is 1.86. The van der Waals surface area contributed by atoms with Crippen LogP contribution in [0.3, 0.4) is 0 Å². The molecule has 0 spiro atoms. The number of aromatic nitrogens is 1. The highest BCUT2D eigenvalue weighted by molar-refractivity contribution is 5.95. The maximum absolute atomic E-state index is 12.2. The zero-order chi connectivity index (χ0) is 13.3. The molecule has 0 radical (unpaired) electrons. The molecular formula is C12H17N3O3. The Hall–Kier alpha value is -1.66. The standard InChI is InChI=1S/C12H17N3O3/c1-12(7-18-6-9(12)13)11(17)14-8-3-4-10(16)15(2)5-8/h3-5,9H,6-7,13H2,1-2H3,(H,14,17). The second-order valence-corrected chi connectivity index (χ2v) is 4.86. The van der Waals surface area contributed by atoms with Gasteiger partial charge in [-0.15, -0.1) is 0 Å². The van der Waals surface area contributed by atoms with Crippen LogP contribution < -0.4 is 16.6 Å². The summed E-state index contributed by atoms with van der Waals surface area (Å²) in [5.74, 6) is -0.189. The van der Waals surface area contributed by atoms with Crippen LogP contribution in [0.1, 0.15) is 6.92 Å². The topological polar surface area (TPSA) is 86.3 Å². The molecule has 0 bridgehead atoms. The molecule has 2 rings (SSSR count). The maximum atomic E-state index is 12.2. The first-order chi connectivity index (χ1) is 8.43. The summed E-state index contributed by atoms with van der Waals surface area (Å²) < 4.78 is 6.64. The third kappa shape index (κ3) is 2.16. The van der Waals surface area contributed by atoms with E-state index < -0.39 is 5.41 Å². The molecule has 2 atom stereocenters. The number of rotatable bonds is 2. The summed E-state index contributed by atoms with van der Waals surface area (Å²) in [4.78, 5) is 23.4. The number of nitrogens with two attached hydrogens (primary N) is 1. The number of aryl methyl sites for hydroxylation is 1. The predicted molar refractivity (Wildman–Crippen MR) is 67.2 cm³/mol. The van der Waals surface area contributed by atoms with Gasteiger partial charge in [-0.25, -0.2) is 0 Å². The number of amides is 1. The fourth-order valence-corrected chi connectivity index (χ4v) is 1.86. The highest BCUT2D eigenvalue weighted by atomic mass is 16.5. The van der Waals surface area contributed by atoms with Crippen molar-refractivity contribution in [2.75, 3.05) is 18.5 Å². The van der Waals surface area contributed by atoms with Gasteiger partial charge in [-0.3, -0.25) is 9.59 Å². The molecule has 1 fully saturated rings. The van der Waals surface area contributed by atoms with E-state index in [9.17, 15) is 9.59 Å². The van der Waals surface area contributed by atoms with Crippen molar-refractivity contribution in [2.24, 2.45) is 18.2 Å². The molecule has 1 amide bonds. The zero-order valence-corrected chi connectivity index (χ0v) is 10.5. The fraction of sp³-hybridized carbons (Fsp3) is 0.500. The average molecular weight is 251 g/mol. The van der Waals surface area contributed by atoms with Crippen molar-refractivity contribution in [3.8, 4) is 0 Å². The van der Waals surface area contributed by atoms with Gasteiger partial charge < -0.3 is 20.4 Å². The van der Waals surface area contributed by atoms with E-state index in [0.717, 1.165) is 0 Å². The lowest BCUT2D eigenvalue weighted by molar-refractivity contribution is -0.125. The predicted octanol–water partition coefficient (Wildman–Crippen LogP) is -0.312. The van der Waals surface area contributed by atoms with Crippen LogP contribution in [0.2, 0.25) is 0 Å². The Kier molecular flexibility index (Phi) is 3.23. The third-order valence-corrected chi connectivity index (χ3v) is 3.38. The molecular weight excluding hydrogens is 234 g/mol. The summed E-state index contributed by atoms with van der Waals surface area (Å²) in [6.45, 7) is 2.48. The van der Waals surface area contributed by atoms with Gasteiger partial charge in [0.05, 0.1) is 24.3 Å². The van der Waals surface area contributed by atoms with E-state index in [1.165, 1.54) is 10.6 Å². The second-order valence-electron chi connectivity index (χ2n) is 4.86. The second kappa shape index (κ2) is 4.55. The molecule has 2 unspecified atom stereocenters. The van der Waals surface area contributed by atoms with E-state index in [2.05, 4.69) is 5.32 Å². The molecule has 1 aliphatic rings. The maximum Gasteiger partial charge on any atom is 0.250 e. The molecule has 2 heterocycles. The quantitative estimate of drug-likeness (QED) is 0.754. The molecule has 0 saturated carbocycles. The van der Waals surface area contributed by atoms with Crippen LogP contribution in [0.4, 0.5) is 5.69 Å². The van der Waals surface area contributed by atoms with Crippen LogP contribution in [-0.4, -0.2) is 29.7 Å². The van der Waals surface area contributed by atoms with E-state index in [1.807, 2.05) is 0 Å². The largest absolute Gasteiger partial charge is 0.379 e. The molecule has 98 valence electrons. The zero-order valence-electron chi connectivity index (χ0n) is 10.5. The molecule has 0 aliphatic carbocycles. The Morgan fingerprint density at radius 2 is 2.33 bits per heavy atom. The Bertz CT molecular complexity index is 526. The SMILES string of the molecule is Cn1cc(NC(=O)C2(C)COCC2N)ccc1=O. The minimum absolute atomic E-state index is 0.125. The van der Waals surface area contributed by atoms with E-state index in [1.54, 1.807) is 26.2 Å². The Morgan fingerprint density at radius 3 is 2.89 bits per heavy atom. The molecule has 1 aromatic heterocycles. The number of nitrogens with zero attached hydrogens (tertiary/aromatic N) is 1. The number of hydrogen-bond acceptors (Lipinski definition) is 4. The van der Waals surface area contributed by atoms with Crippen LogP contribution in [0, 0.1) is 5.41 Å². The van der Waals surface area contributed by atoms with Gasteiger partial charge in [-0.1, -0.05) is 0 Å². The van der Waals surface area contributed by atoms with Gasteiger partial charge in [-0.05, 0) is 13.0 Å². The molecule has 6 nitrogen and oxygen atoms in total. The normalized spacial score (nSPS) is 27.2. The first-order valence-corrected chi connectivity index (χ1v) is 5.75. The van der Waals surface area contributed by atoms with Gasteiger partial charge in [0.25, 0.3) is 0 Å². The van der Waals surface area contributed by atoms with Crippen LogP contribution in [-0.2, 0) is 16.6 Å². The summed E-state index contributed by atoms with van der Waals surface area (Å²) >= 11 is 0. The summed E-state index contributed by atoms with van der Waals surface area (Å²) in [6.07, 6.45) is 1.57. The summed E-state index contributed by atoms with van der Waals surface area (Å²) in [7, 11) is 1.63. The molecule has 1 saturated heterocycles. The van der Waals surface area contributed by atoms with Gasteiger partial charge in [0.15, 0.2) is 0 Å². The molecule has 1 aliphatic heterocycles. The van der Waals surface area contributed by atoms with Crippen LogP contribution in [0.5, 0.6) is 0 Å². The van der Waals surface area contributed by atoms with Crippen molar-refractivity contribution in [1.82, 2.24) is 4.57 Å².